The molecule has 1 heterocycles. The smallest absolute Gasteiger partial charge is 0.152 e. The molecule has 4 heteroatoms. The third-order valence-corrected chi connectivity index (χ3v) is 2.77. The lowest BCUT2D eigenvalue weighted by molar-refractivity contribution is 0.00422. The first-order chi connectivity index (χ1) is 7.67. The van der Waals surface area contributed by atoms with Gasteiger partial charge in [-0.1, -0.05) is 5.16 Å². The summed E-state index contributed by atoms with van der Waals surface area (Å²) in [5, 5.41) is 4.08. The number of oxime groups is 1. The minimum atomic E-state index is -0.352. The van der Waals surface area contributed by atoms with E-state index in [-0.39, 0.29) is 5.60 Å². The molecule has 86 valence electrons. The van der Waals surface area contributed by atoms with Gasteiger partial charge < -0.3 is 15.3 Å². The Morgan fingerprint density at radius 1 is 1.44 bits per heavy atom. The molecule has 4 nitrogen and oxygen atoms in total. The maximum Gasteiger partial charge on any atom is 0.152 e. The van der Waals surface area contributed by atoms with Gasteiger partial charge in [0.15, 0.2) is 5.60 Å². The third kappa shape index (κ3) is 2.02. The summed E-state index contributed by atoms with van der Waals surface area (Å²) in [5.41, 5.74) is 7.28. The molecule has 0 saturated carbocycles. The Bertz CT molecular complexity index is 400. The summed E-state index contributed by atoms with van der Waals surface area (Å²) in [6.07, 6.45) is 0.746. The lowest BCUT2D eigenvalue weighted by Gasteiger charge is -2.17. The maximum atomic E-state index is 5.64. The number of hydrogen-bond donors (Lipinski definition) is 1. The van der Waals surface area contributed by atoms with E-state index in [9.17, 15) is 0 Å². The van der Waals surface area contributed by atoms with Gasteiger partial charge in [0.05, 0.1) is 12.8 Å². The van der Waals surface area contributed by atoms with E-state index in [1.54, 1.807) is 7.11 Å². The number of benzene rings is 1. The van der Waals surface area contributed by atoms with Gasteiger partial charge in [0.1, 0.15) is 5.75 Å². The van der Waals surface area contributed by atoms with E-state index in [1.807, 2.05) is 31.2 Å². The quantitative estimate of drug-likeness (QED) is 0.840. The highest BCUT2D eigenvalue weighted by atomic mass is 16.7. The predicted molar refractivity (Wildman–Crippen MR) is 62.7 cm³/mol. The molecule has 16 heavy (non-hydrogen) atoms. The molecular weight excluding hydrogens is 204 g/mol. The predicted octanol–water partition coefficient (Wildman–Crippen LogP) is 1.54. The molecule has 0 radical (unpaired) electrons. The van der Waals surface area contributed by atoms with Crippen LogP contribution in [0.2, 0.25) is 0 Å². The van der Waals surface area contributed by atoms with Gasteiger partial charge >= 0.3 is 0 Å². The number of rotatable bonds is 3. The fourth-order valence-electron chi connectivity index (χ4n) is 1.63. The van der Waals surface area contributed by atoms with Crippen molar-refractivity contribution >= 4 is 5.71 Å². The average Bonchev–Trinajstić information content (AvgIpc) is 2.73. The van der Waals surface area contributed by atoms with Crippen LogP contribution in [0.4, 0.5) is 0 Å². The first-order valence-corrected chi connectivity index (χ1v) is 5.26. The van der Waals surface area contributed by atoms with Gasteiger partial charge in [0.25, 0.3) is 0 Å². The molecule has 1 aromatic carbocycles. The number of nitrogens with zero attached hydrogens (tertiary/aromatic N) is 1. The van der Waals surface area contributed by atoms with Gasteiger partial charge in [-0.25, -0.2) is 0 Å². The molecule has 1 atom stereocenters. The molecule has 0 bridgehead atoms. The fourth-order valence-corrected chi connectivity index (χ4v) is 1.63. The van der Waals surface area contributed by atoms with Crippen molar-refractivity contribution in [2.45, 2.75) is 18.9 Å². The molecule has 0 spiro atoms. The zero-order valence-electron chi connectivity index (χ0n) is 9.56. The van der Waals surface area contributed by atoms with E-state index < -0.39 is 0 Å². The summed E-state index contributed by atoms with van der Waals surface area (Å²) in [5.74, 6) is 0.838. The van der Waals surface area contributed by atoms with Crippen molar-refractivity contribution in [3.63, 3.8) is 0 Å². The topological polar surface area (TPSA) is 56.8 Å². The summed E-state index contributed by atoms with van der Waals surface area (Å²) >= 11 is 0. The second-order valence-electron chi connectivity index (χ2n) is 4.19. The Labute approximate surface area is 95.0 Å². The first kappa shape index (κ1) is 11.0. The SMILES string of the molecule is COc1ccc(C2=NOC(C)(CN)C2)cc1. The summed E-state index contributed by atoms with van der Waals surface area (Å²) in [6, 6.07) is 7.78. The van der Waals surface area contributed by atoms with E-state index in [1.165, 1.54) is 0 Å². The number of methoxy groups -OCH3 is 1. The molecule has 2 N–H and O–H groups in total. The molecule has 0 amide bonds. The first-order valence-electron chi connectivity index (χ1n) is 5.26. The summed E-state index contributed by atoms with van der Waals surface area (Å²) < 4.78 is 5.10. The van der Waals surface area contributed by atoms with Crippen LogP contribution in [0.3, 0.4) is 0 Å². The Morgan fingerprint density at radius 3 is 2.62 bits per heavy atom. The fraction of sp³-hybridized carbons (Fsp3) is 0.417. The van der Waals surface area contributed by atoms with E-state index in [2.05, 4.69) is 5.16 Å². The Morgan fingerprint density at radius 2 is 2.12 bits per heavy atom. The van der Waals surface area contributed by atoms with Gasteiger partial charge in [-0.2, -0.15) is 0 Å². The molecule has 1 unspecified atom stereocenters. The van der Waals surface area contributed by atoms with E-state index in [0.717, 1.165) is 23.4 Å². The minimum absolute atomic E-state index is 0.352. The molecule has 1 aliphatic heterocycles. The summed E-state index contributed by atoms with van der Waals surface area (Å²) in [6.45, 7) is 2.43. The standard InChI is InChI=1S/C12H16N2O2/c1-12(8-13)7-11(14-16-12)9-3-5-10(15-2)6-4-9/h3-6H,7-8,13H2,1-2H3. The third-order valence-electron chi connectivity index (χ3n) is 2.77. The molecular formula is C12H16N2O2. The van der Waals surface area contributed by atoms with E-state index in [0.29, 0.717) is 6.54 Å². The van der Waals surface area contributed by atoms with Crippen molar-refractivity contribution in [3.8, 4) is 5.75 Å². The molecule has 1 aliphatic rings. The number of nitrogens with two attached hydrogens (primary N) is 1. The number of hydrogen-bond acceptors (Lipinski definition) is 4. The van der Waals surface area contributed by atoms with Gasteiger partial charge in [-0.05, 0) is 36.8 Å². The second-order valence-corrected chi connectivity index (χ2v) is 4.19. The summed E-state index contributed by atoms with van der Waals surface area (Å²) in [4.78, 5) is 5.34. The van der Waals surface area contributed by atoms with E-state index in [4.69, 9.17) is 15.3 Å². The van der Waals surface area contributed by atoms with Crippen LogP contribution < -0.4 is 10.5 Å². The van der Waals surface area contributed by atoms with Crippen LogP contribution in [0.1, 0.15) is 18.9 Å². The molecule has 0 aliphatic carbocycles. The van der Waals surface area contributed by atoms with Gasteiger partial charge in [-0.3, -0.25) is 0 Å². The van der Waals surface area contributed by atoms with Gasteiger partial charge in [-0.15, -0.1) is 0 Å². The molecule has 0 saturated heterocycles. The number of ether oxygens (including phenoxy) is 1. The second kappa shape index (κ2) is 4.14. The van der Waals surface area contributed by atoms with Crippen LogP contribution in [0.5, 0.6) is 5.75 Å². The summed E-state index contributed by atoms with van der Waals surface area (Å²) in [7, 11) is 1.65. The average molecular weight is 220 g/mol. The minimum Gasteiger partial charge on any atom is -0.497 e. The zero-order valence-corrected chi connectivity index (χ0v) is 9.56. The maximum absolute atomic E-state index is 5.64. The highest BCUT2D eigenvalue weighted by Crippen LogP contribution is 2.26. The van der Waals surface area contributed by atoms with Crippen molar-refractivity contribution < 1.29 is 9.57 Å². The monoisotopic (exact) mass is 220 g/mol. The Balaban J connectivity index is 2.14. The zero-order chi connectivity index (χ0) is 11.6. The van der Waals surface area contributed by atoms with Crippen molar-refractivity contribution in [1.29, 1.82) is 0 Å². The van der Waals surface area contributed by atoms with Crippen LogP contribution in [-0.4, -0.2) is 25.0 Å². The molecule has 1 aromatic rings. The Hall–Kier alpha value is -1.55. The molecule has 0 aromatic heterocycles. The van der Waals surface area contributed by atoms with Crippen LogP contribution in [-0.2, 0) is 4.84 Å². The molecule has 2 rings (SSSR count). The van der Waals surface area contributed by atoms with Crippen LogP contribution >= 0.6 is 0 Å². The normalized spacial score (nSPS) is 23.8. The highest BCUT2D eigenvalue weighted by Gasteiger charge is 2.33. The van der Waals surface area contributed by atoms with Crippen LogP contribution in [0.25, 0.3) is 0 Å². The van der Waals surface area contributed by atoms with Crippen molar-refractivity contribution in [2.24, 2.45) is 10.9 Å². The highest BCUT2D eigenvalue weighted by molar-refractivity contribution is 6.01. The van der Waals surface area contributed by atoms with Crippen LogP contribution in [0.15, 0.2) is 29.4 Å². The lowest BCUT2D eigenvalue weighted by atomic mass is 9.96. The Kier molecular flexibility index (Phi) is 2.83. The van der Waals surface area contributed by atoms with Crippen molar-refractivity contribution in [2.75, 3.05) is 13.7 Å². The van der Waals surface area contributed by atoms with Gasteiger partial charge in [0.2, 0.25) is 0 Å². The van der Waals surface area contributed by atoms with Gasteiger partial charge in [0, 0.05) is 13.0 Å². The van der Waals surface area contributed by atoms with Crippen molar-refractivity contribution in [3.05, 3.63) is 29.8 Å². The largest absolute Gasteiger partial charge is 0.497 e. The van der Waals surface area contributed by atoms with Crippen molar-refractivity contribution in [1.82, 2.24) is 0 Å². The van der Waals surface area contributed by atoms with E-state index >= 15 is 0 Å². The lowest BCUT2D eigenvalue weighted by Crippen LogP contribution is -2.34. The van der Waals surface area contributed by atoms with Crippen LogP contribution in [0, 0.1) is 0 Å². The molecule has 0 fully saturated rings.